The van der Waals surface area contributed by atoms with Crippen LogP contribution in [0.4, 0.5) is 4.79 Å². The van der Waals surface area contributed by atoms with E-state index in [0.717, 1.165) is 18.4 Å². The number of benzene rings is 1. The minimum atomic E-state index is -0.149. The third-order valence-electron chi connectivity index (χ3n) is 3.35. The largest absolute Gasteiger partial charge is 0.493 e. The normalized spacial score (nSPS) is 13.9. The second-order valence-corrected chi connectivity index (χ2v) is 5.43. The third kappa shape index (κ3) is 4.51. The first-order chi connectivity index (χ1) is 10.2. The summed E-state index contributed by atoms with van der Waals surface area (Å²) in [7, 11) is 0. The molecule has 1 aliphatic carbocycles. The summed E-state index contributed by atoms with van der Waals surface area (Å²) in [4.78, 5) is 13.9. The first-order valence-electron chi connectivity index (χ1n) is 7.22. The molecule has 2 rings (SSSR count). The summed E-state index contributed by atoms with van der Waals surface area (Å²) in [6.45, 7) is 3.17. The Kier molecular flexibility index (Phi) is 5.70. The molecule has 0 bridgehead atoms. The van der Waals surface area contributed by atoms with Gasteiger partial charge in [-0.3, -0.25) is 0 Å². The lowest BCUT2D eigenvalue weighted by atomic mass is 10.2. The fourth-order valence-corrected chi connectivity index (χ4v) is 2.34. The van der Waals surface area contributed by atoms with Gasteiger partial charge in [-0.15, -0.1) is 0 Å². The van der Waals surface area contributed by atoms with Gasteiger partial charge in [0.2, 0.25) is 0 Å². The van der Waals surface area contributed by atoms with Crippen LogP contribution in [0.15, 0.2) is 18.2 Å². The summed E-state index contributed by atoms with van der Waals surface area (Å²) in [5.74, 6) is 0.686. The van der Waals surface area contributed by atoms with Gasteiger partial charge in [-0.2, -0.15) is 0 Å². The minimum Gasteiger partial charge on any atom is -0.493 e. The standard InChI is InChI=1S/C15H21ClN2O3/c1-2-21-14-9-12(16)4-3-11(14)10-17-15(20)18(7-8-19)13-5-6-13/h3-4,9,13,19H,2,5-8,10H2,1H3,(H,17,20). The summed E-state index contributed by atoms with van der Waals surface area (Å²) >= 11 is 5.95. The molecular formula is C15H21ClN2O3. The zero-order valence-electron chi connectivity index (χ0n) is 12.1. The molecule has 1 fully saturated rings. The zero-order valence-corrected chi connectivity index (χ0v) is 12.9. The van der Waals surface area contributed by atoms with Crippen molar-refractivity contribution in [2.75, 3.05) is 19.8 Å². The van der Waals surface area contributed by atoms with Crippen LogP contribution in [0.1, 0.15) is 25.3 Å². The second-order valence-electron chi connectivity index (χ2n) is 4.99. The number of nitrogens with one attached hydrogen (secondary N) is 1. The van der Waals surface area contributed by atoms with E-state index in [9.17, 15) is 4.79 Å². The Morgan fingerprint density at radius 3 is 2.90 bits per heavy atom. The lowest BCUT2D eigenvalue weighted by Crippen LogP contribution is -2.42. The maximum absolute atomic E-state index is 12.2. The van der Waals surface area contributed by atoms with Crippen molar-refractivity contribution in [2.45, 2.75) is 32.4 Å². The molecule has 0 saturated heterocycles. The number of rotatable bonds is 7. The van der Waals surface area contributed by atoms with Crippen LogP contribution in [0.5, 0.6) is 5.75 Å². The number of carbonyl (C=O) groups is 1. The van der Waals surface area contributed by atoms with Gasteiger partial charge in [-0.05, 0) is 31.9 Å². The van der Waals surface area contributed by atoms with E-state index in [0.29, 0.717) is 30.5 Å². The van der Waals surface area contributed by atoms with Crippen LogP contribution in [0.2, 0.25) is 5.02 Å². The maximum Gasteiger partial charge on any atom is 0.317 e. The number of nitrogens with zero attached hydrogens (tertiary/aromatic N) is 1. The molecule has 2 amide bonds. The van der Waals surface area contributed by atoms with Crippen molar-refractivity contribution in [2.24, 2.45) is 0 Å². The highest BCUT2D eigenvalue weighted by molar-refractivity contribution is 6.30. The Labute approximate surface area is 129 Å². The quantitative estimate of drug-likeness (QED) is 0.812. The van der Waals surface area contributed by atoms with E-state index in [1.165, 1.54) is 0 Å². The van der Waals surface area contributed by atoms with E-state index < -0.39 is 0 Å². The van der Waals surface area contributed by atoms with Crippen molar-refractivity contribution in [1.29, 1.82) is 0 Å². The van der Waals surface area contributed by atoms with Gasteiger partial charge in [0.05, 0.1) is 13.2 Å². The van der Waals surface area contributed by atoms with Gasteiger partial charge in [0, 0.05) is 29.7 Å². The number of urea groups is 1. The predicted molar refractivity (Wildman–Crippen MR) is 81.7 cm³/mol. The van der Waals surface area contributed by atoms with E-state index in [2.05, 4.69) is 5.32 Å². The topological polar surface area (TPSA) is 61.8 Å². The molecule has 0 spiro atoms. The molecule has 1 aromatic carbocycles. The van der Waals surface area contributed by atoms with Crippen molar-refractivity contribution in [1.82, 2.24) is 10.2 Å². The molecule has 0 unspecified atom stereocenters. The molecular weight excluding hydrogens is 292 g/mol. The number of ether oxygens (including phenoxy) is 1. The Balaban J connectivity index is 1.96. The Morgan fingerprint density at radius 2 is 2.29 bits per heavy atom. The first kappa shape index (κ1) is 15.9. The average molecular weight is 313 g/mol. The lowest BCUT2D eigenvalue weighted by Gasteiger charge is -2.22. The van der Waals surface area contributed by atoms with Crippen molar-refractivity contribution >= 4 is 17.6 Å². The number of carbonyl (C=O) groups excluding carboxylic acids is 1. The number of hydrogen-bond donors (Lipinski definition) is 2. The first-order valence-corrected chi connectivity index (χ1v) is 7.60. The molecule has 1 saturated carbocycles. The molecule has 21 heavy (non-hydrogen) atoms. The molecule has 0 aliphatic heterocycles. The van der Waals surface area contributed by atoms with E-state index in [1.807, 2.05) is 13.0 Å². The average Bonchev–Trinajstić information content (AvgIpc) is 3.28. The summed E-state index contributed by atoms with van der Waals surface area (Å²) < 4.78 is 5.53. The number of amides is 2. The van der Waals surface area contributed by atoms with Crippen LogP contribution in [0, 0.1) is 0 Å². The van der Waals surface area contributed by atoms with Crippen molar-refractivity contribution in [3.63, 3.8) is 0 Å². The fourth-order valence-electron chi connectivity index (χ4n) is 2.18. The highest BCUT2D eigenvalue weighted by atomic mass is 35.5. The molecule has 0 heterocycles. The van der Waals surface area contributed by atoms with Gasteiger partial charge in [0.25, 0.3) is 0 Å². The minimum absolute atomic E-state index is 0.0188. The molecule has 0 aromatic heterocycles. The molecule has 2 N–H and O–H groups in total. The van der Waals surface area contributed by atoms with Gasteiger partial charge in [0.15, 0.2) is 0 Å². The second kappa shape index (κ2) is 7.52. The summed E-state index contributed by atoms with van der Waals surface area (Å²) in [5, 5.41) is 12.5. The highest BCUT2D eigenvalue weighted by Gasteiger charge is 2.31. The lowest BCUT2D eigenvalue weighted by molar-refractivity contribution is 0.173. The van der Waals surface area contributed by atoms with Crippen LogP contribution >= 0.6 is 11.6 Å². The fraction of sp³-hybridized carbons (Fsp3) is 0.533. The molecule has 0 atom stereocenters. The van der Waals surface area contributed by atoms with Gasteiger partial charge in [-0.1, -0.05) is 17.7 Å². The maximum atomic E-state index is 12.2. The van der Waals surface area contributed by atoms with Gasteiger partial charge >= 0.3 is 6.03 Å². The molecule has 0 radical (unpaired) electrons. The Hall–Kier alpha value is -1.46. The number of aliphatic hydroxyl groups is 1. The number of halogens is 1. The van der Waals surface area contributed by atoms with Crippen molar-refractivity contribution < 1.29 is 14.6 Å². The SMILES string of the molecule is CCOc1cc(Cl)ccc1CNC(=O)N(CCO)C1CC1. The van der Waals surface area contributed by atoms with Crippen LogP contribution in [0.25, 0.3) is 0 Å². The smallest absolute Gasteiger partial charge is 0.317 e. The van der Waals surface area contributed by atoms with E-state index in [1.54, 1.807) is 17.0 Å². The summed E-state index contributed by atoms with van der Waals surface area (Å²) in [6, 6.07) is 5.50. The van der Waals surface area contributed by atoms with Crippen LogP contribution in [0.3, 0.4) is 0 Å². The van der Waals surface area contributed by atoms with Crippen LogP contribution in [-0.4, -0.2) is 41.8 Å². The van der Waals surface area contributed by atoms with Crippen LogP contribution < -0.4 is 10.1 Å². The van der Waals surface area contributed by atoms with Crippen molar-refractivity contribution in [3.8, 4) is 5.75 Å². The molecule has 6 heteroatoms. The number of aliphatic hydroxyl groups excluding tert-OH is 1. The van der Waals surface area contributed by atoms with E-state index in [-0.39, 0.29) is 18.7 Å². The molecule has 116 valence electrons. The molecule has 1 aromatic rings. The number of hydrogen-bond acceptors (Lipinski definition) is 3. The summed E-state index contributed by atoms with van der Waals surface area (Å²) in [6.07, 6.45) is 2.02. The monoisotopic (exact) mass is 312 g/mol. The van der Waals surface area contributed by atoms with Crippen molar-refractivity contribution in [3.05, 3.63) is 28.8 Å². The van der Waals surface area contributed by atoms with Gasteiger partial charge in [-0.25, -0.2) is 4.79 Å². The Bertz CT molecular complexity index is 492. The molecule has 1 aliphatic rings. The zero-order chi connectivity index (χ0) is 15.2. The molecule has 5 nitrogen and oxygen atoms in total. The van der Waals surface area contributed by atoms with Gasteiger partial charge < -0.3 is 20.1 Å². The van der Waals surface area contributed by atoms with Crippen LogP contribution in [-0.2, 0) is 6.54 Å². The van der Waals surface area contributed by atoms with E-state index in [4.69, 9.17) is 21.4 Å². The third-order valence-corrected chi connectivity index (χ3v) is 3.58. The van der Waals surface area contributed by atoms with E-state index >= 15 is 0 Å². The van der Waals surface area contributed by atoms with Gasteiger partial charge in [0.1, 0.15) is 5.75 Å². The summed E-state index contributed by atoms with van der Waals surface area (Å²) in [5.41, 5.74) is 0.884. The Morgan fingerprint density at radius 1 is 1.52 bits per heavy atom. The predicted octanol–water partition coefficient (Wildman–Crippen LogP) is 2.41. The highest BCUT2D eigenvalue weighted by Crippen LogP contribution is 2.27.